The number of hydrogen-bond acceptors (Lipinski definition) is 4. The fourth-order valence-electron chi connectivity index (χ4n) is 3.71. The van der Waals surface area contributed by atoms with Crippen molar-refractivity contribution < 1.29 is 9.53 Å². The molecular weight excluding hydrogens is 368 g/mol. The first-order valence-electron chi connectivity index (χ1n) is 9.89. The van der Waals surface area contributed by atoms with Crippen LogP contribution in [-0.4, -0.2) is 35.0 Å². The summed E-state index contributed by atoms with van der Waals surface area (Å²) in [6.07, 6.45) is 1.45. The van der Waals surface area contributed by atoms with Gasteiger partial charge in [0.15, 0.2) is 6.10 Å². The number of rotatable bonds is 4. The highest BCUT2D eigenvalue weighted by Crippen LogP contribution is 2.34. The summed E-state index contributed by atoms with van der Waals surface area (Å²) in [5, 5.41) is 1.20. The quantitative estimate of drug-likeness (QED) is 0.619. The van der Waals surface area contributed by atoms with Crippen molar-refractivity contribution >= 4 is 27.5 Å². The lowest BCUT2D eigenvalue weighted by Crippen LogP contribution is -2.44. The van der Waals surface area contributed by atoms with Gasteiger partial charge in [-0.25, -0.2) is 4.98 Å². The van der Waals surface area contributed by atoms with Crippen LogP contribution in [0.1, 0.15) is 41.8 Å². The average molecular weight is 395 g/mol. The van der Waals surface area contributed by atoms with Crippen molar-refractivity contribution in [2.45, 2.75) is 45.6 Å². The van der Waals surface area contributed by atoms with E-state index in [2.05, 4.69) is 32.0 Å². The summed E-state index contributed by atoms with van der Waals surface area (Å²) in [5.41, 5.74) is 3.48. The highest BCUT2D eigenvalue weighted by molar-refractivity contribution is 7.18. The van der Waals surface area contributed by atoms with E-state index >= 15 is 0 Å². The molecule has 2 heterocycles. The van der Waals surface area contributed by atoms with E-state index in [-0.39, 0.29) is 5.91 Å². The van der Waals surface area contributed by atoms with E-state index in [4.69, 9.17) is 9.72 Å². The molecule has 0 N–H and O–H groups in total. The number of hydrogen-bond donors (Lipinski definition) is 0. The van der Waals surface area contributed by atoms with Crippen LogP contribution in [0.3, 0.4) is 0 Å². The molecule has 1 atom stereocenters. The molecule has 146 valence electrons. The van der Waals surface area contributed by atoms with Crippen molar-refractivity contribution in [1.82, 2.24) is 9.88 Å². The van der Waals surface area contributed by atoms with Gasteiger partial charge in [0, 0.05) is 19.0 Å². The van der Waals surface area contributed by atoms with Crippen molar-refractivity contribution in [2.24, 2.45) is 0 Å². The van der Waals surface area contributed by atoms with E-state index in [0.29, 0.717) is 5.92 Å². The number of amides is 1. The normalized spacial score (nSPS) is 16.3. The summed E-state index contributed by atoms with van der Waals surface area (Å²) in [4.78, 5) is 19.6. The fourth-order valence-corrected chi connectivity index (χ4v) is 4.85. The molecule has 0 spiro atoms. The lowest BCUT2D eigenvalue weighted by molar-refractivity contribution is -0.139. The molecule has 2 aromatic carbocycles. The molecule has 4 nitrogen and oxygen atoms in total. The Balaban J connectivity index is 1.35. The van der Waals surface area contributed by atoms with Crippen molar-refractivity contribution in [2.75, 3.05) is 13.1 Å². The molecule has 0 saturated carbocycles. The number of ether oxygens (including phenoxy) is 1. The van der Waals surface area contributed by atoms with E-state index < -0.39 is 6.10 Å². The maximum Gasteiger partial charge on any atom is 0.263 e. The first-order valence-corrected chi connectivity index (χ1v) is 10.7. The molecule has 1 aliphatic rings. The van der Waals surface area contributed by atoms with Crippen LogP contribution < -0.4 is 4.74 Å². The van der Waals surface area contributed by atoms with Gasteiger partial charge in [-0.1, -0.05) is 18.2 Å². The molecule has 0 radical (unpaired) electrons. The zero-order valence-corrected chi connectivity index (χ0v) is 17.5. The third-order valence-electron chi connectivity index (χ3n) is 5.61. The van der Waals surface area contributed by atoms with Gasteiger partial charge in [-0.3, -0.25) is 4.79 Å². The first kappa shape index (κ1) is 18.9. The lowest BCUT2D eigenvalue weighted by atomic mass is 9.97. The van der Waals surface area contributed by atoms with Crippen molar-refractivity contribution in [3.05, 3.63) is 58.6 Å². The van der Waals surface area contributed by atoms with E-state index in [0.717, 1.165) is 37.2 Å². The highest BCUT2D eigenvalue weighted by atomic mass is 32.1. The number of likely N-dealkylation sites (tertiary alicyclic amines) is 1. The molecule has 1 aliphatic heterocycles. The molecule has 1 fully saturated rings. The Labute approximate surface area is 170 Å². The second-order valence-electron chi connectivity index (χ2n) is 7.63. The van der Waals surface area contributed by atoms with Gasteiger partial charge < -0.3 is 9.64 Å². The Hall–Kier alpha value is -2.40. The smallest absolute Gasteiger partial charge is 0.263 e. The topological polar surface area (TPSA) is 42.4 Å². The molecule has 28 heavy (non-hydrogen) atoms. The van der Waals surface area contributed by atoms with Gasteiger partial charge >= 0.3 is 0 Å². The van der Waals surface area contributed by atoms with Crippen LogP contribution in [0.25, 0.3) is 10.2 Å². The largest absolute Gasteiger partial charge is 0.481 e. The summed E-state index contributed by atoms with van der Waals surface area (Å²) >= 11 is 1.78. The monoisotopic (exact) mass is 394 g/mol. The Morgan fingerprint density at radius 3 is 2.61 bits per heavy atom. The molecule has 0 bridgehead atoms. The number of para-hydroxylation sites is 1. The van der Waals surface area contributed by atoms with Crippen LogP contribution in [0.15, 0.2) is 42.5 Å². The maximum absolute atomic E-state index is 12.8. The minimum absolute atomic E-state index is 0.0703. The second kappa shape index (κ2) is 7.92. The Kier molecular flexibility index (Phi) is 5.36. The van der Waals surface area contributed by atoms with Crippen LogP contribution in [0.4, 0.5) is 0 Å². The summed E-state index contributed by atoms with van der Waals surface area (Å²) in [6, 6.07) is 14.3. The lowest BCUT2D eigenvalue weighted by Gasteiger charge is -2.32. The Morgan fingerprint density at radius 1 is 1.14 bits per heavy atom. The SMILES string of the molecule is Cc1ccc(O[C@H](C)C(=O)N2CCC(c3nc4ccccc4s3)CC2)cc1C. The minimum atomic E-state index is -0.471. The third-order valence-corrected chi connectivity index (χ3v) is 6.80. The van der Waals surface area contributed by atoms with E-state index in [1.807, 2.05) is 36.1 Å². The number of nitrogens with zero attached hydrogens (tertiary/aromatic N) is 2. The van der Waals surface area contributed by atoms with Crippen LogP contribution in [0.2, 0.25) is 0 Å². The van der Waals surface area contributed by atoms with Crippen molar-refractivity contribution in [1.29, 1.82) is 0 Å². The Bertz CT molecular complexity index is 956. The van der Waals surface area contributed by atoms with Crippen molar-refractivity contribution in [3.8, 4) is 5.75 Å². The summed E-state index contributed by atoms with van der Waals surface area (Å²) < 4.78 is 7.16. The molecular formula is C23H26N2O2S. The number of carbonyl (C=O) groups excluding carboxylic acids is 1. The molecule has 1 saturated heterocycles. The zero-order valence-electron chi connectivity index (χ0n) is 16.6. The number of thiazole rings is 1. The minimum Gasteiger partial charge on any atom is -0.481 e. The van der Waals surface area contributed by atoms with Gasteiger partial charge in [0.05, 0.1) is 15.2 Å². The van der Waals surface area contributed by atoms with Crippen LogP contribution in [-0.2, 0) is 4.79 Å². The van der Waals surface area contributed by atoms with Crippen LogP contribution in [0.5, 0.6) is 5.75 Å². The van der Waals surface area contributed by atoms with Crippen LogP contribution >= 0.6 is 11.3 Å². The molecule has 0 unspecified atom stereocenters. The fraction of sp³-hybridized carbons (Fsp3) is 0.391. The number of carbonyl (C=O) groups is 1. The van der Waals surface area contributed by atoms with Crippen LogP contribution in [0, 0.1) is 13.8 Å². The van der Waals surface area contributed by atoms with Crippen molar-refractivity contribution in [3.63, 3.8) is 0 Å². The van der Waals surface area contributed by atoms with Gasteiger partial charge in [0.2, 0.25) is 0 Å². The maximum atomic E-state index is 12.8. The van der Waals surface area contributed by atoms with Gasteiger partial charge in [-0.2, -0.15) is 0 Å². The molecule has 1 aromatic heterocycles. The number of benzene rings is 2. The molecule has 5 heteroatoms. The third kappa shape index (κ3) is 3.90. The predicted molar refractivity (Wildman–Crippen MR) is 114 cm³/mol. The summed E-state index contributed by atoms with van der Waals surface area (Å²) in [7, 11) is 0. The van der Waals surface area contributed by atoms with Gasteiger partial charge in [-0.15, -0.1) is 11.3 Å². The number of aromatic nitrogens is 1. The van der Waals surface area contributed by atoms with E-state index in [1.54, 1.807) is 11.3 Å². The van der Waals surface area contributed by atoms with E-state index in [9.17, 15) is 4.79 Å². The number of fused-ring (bicyclic) bond motifs is 1. The van der Waals surface area contributed by atoms with E-state index in [1.165, 1.54) is 20.8 Å². The summed E-state index contributed by atoms with van der Waals surface area (Å²) in [5.74, 6) is 1.27. The standard InChI is InChI=1S/C23H26N2O2S/c1-15-8-9-19(14-16(15)2)27-17(3)23(26)25-12-10-18(11-13-25)22-24-20-6-4-5-7-21(20)28-22/h4-9,14,17-18H,10-13H2,1-3H3/t17-/m1/s1. The second-order valence-corrected chi connectivity index (χ2v) is 8.69. The van der Waals surface area contributed by atoms with Gasteiger partial charge in [0.25, 0.3) is 5.91 Å². The molecule has 0 aliphatic carbocycles. The first-order chi connectivity index (χ1) is 13.5. The highest BCUT2D eigenvalue weighted by Gasteiger charge is 2.29. The average Bonchev–Trinajstić information content (AvgIpc) is 3.14. The van der Waals surface area contributed by atoms with Gasteiger partial charge in [0.1, 0.15) is 5.75 Å². The molecule has 3 aromatic rings. The zero-order chi connectivity index (χ0) is 19.7. The van der Waals surface area contributed by atoms with Gasteiger partial charge in [-0.05, 0) is 69.0 Å². The molecule has 4 rings (SSSR count). The summed E-state index contributed by atoms with van der Waals surface area (Å²) in [6.45, 7) is 7.50. The number of piperidine rings is 1. The Morgan fingerprint density at radius 2 is 1.89 bits per heavy atom. The molecule has 1 amide bonds. The predicted octanol–water partition coefficient (Wildman–Crippen LogP) is 5.09. The number of aryl methyl sites for hydroxylation is 2.